The Hall–Kier alpha value is -1.91. The van der Waals surface area contributed by atoms with E-state index >= 15 is 0 Å². The molecule has 0 saturated carbocycles. The van der Waals surface area contributed by atoms with Crippen molar-refractivity contribution in [3.63, 3.8) is 0 Å². The first-order chi connectivity index (χ1) is 7.52. The van der Waals surface area contributed by atoms with Gasteiger partial charge in [-0.2, -0.15) is 0 Å². The average Bonchev–Trinajstić information content (AvgIpc) is 2.25. The van der Waals surface area contributed by atoms with Gasteiger partial charge in [-0.25, -0.2) is 0 Å². The second-order valence-electron chi connectivity index (χ2n) is 3.73. The number of para-hydroxylation sites is 1. The van der Waals surface area contributed by atoms with Crippen molar-refractivity contribution in [1.82, 2.24) is 0 Å². The van der Waals surface area contributed by atoms with Crippen LogP contribution in [0.5, 0.6) is 0 Å². The molecule has 0 aliphatic carbocycles. The SMILES string of the molecule is CC(CCc1ccccc1[N+](=O)[O-])C(N)=O. The molecule has 5 nitrogen and oxygen atoms in total. The highest BCUT2D eigenvalue weighted by Crippen LogP contribution is 2.20. The minimum Gasteiger partial charge on any atom is -0.369 e. The Labute approximate surface area is 93.4 Å². The van der Waals surface area contributed by atoms with Crippen LogP contribution in [-0.4, -0.2) is 10.8 Å². The zero-order chi connectivity index (χ0) is 12.1. The van der Waals surface area contributed by atoms with Crippen LogP contribution in [0.3, 0.4) is 0 Å². The van der Waals surface area contributed by atoms with Crippen LogP contribution in [0.2, 0.25) is 0 Å². The molecular weight excluding hydrogens is 208 g/mol. The molecule has 2 N–H and O–H groups in total. The van der Waals surface area contributed by atoms with Crippen molar-refractivity contribution in [1.29, 1.82) is 0 Å². The third-order valence-electron chi connectivity index (χ3n) is 2.52. The van der Waals surface area contributed by atoms with Gasteiger partial charge in [-0.05, 0) is 12.8 Å². The highest BCUT2D eigenvalue weighted by Gasteiger charge is 2.14. The third kappa shape index (κ3) is 3.05. The van der Waals surface area contributed by atoms with E-state index in [9.17, 15) is 14.9 Å². The van der Waals surface area contributed by atoms with Gasteiger partial charge in [0.25, 0.3) is 5.69 Å². The van der Waals surface area contributed by atoms with Crippen LogP contribution in [0.1, 0.15) is 18.9 Å². The molecule has 1 amide bonds. The molecule has 0 spiro atoms. The van der Waals surface area contributed by atoms with Gasteiger partial charge < -0.3 is 5.73 Å². The van der Waals surface area contributed by atoms with Crippen LogP contribution in [0.4, 0.5) is 5.69 Å². The minimum atomic E-state index is -0.412. The van der Waals surface area contributed by atoms with Gasteiger partial charge in [-0.3, -0.25) is 14.9 Å². The van der Waals surface area contributed by atoms with Crippen LogP contribution >= 0.6 is 0 Å². The standard InChI is InChI=1S/C11H14N2O3/c1-8(11(12)14)6-7-9-4-2-3-5-10(9)13(15)16/h2-5,8H,6-7H2,1H3,(H2,12,14). The molecule has 1 unspecified atom stereocenters. The second-order valence-corrected chi connectivity index (χ2v) is 3.73. The van der Waals surface area contributed by atoms with E-state index in [1.54, 1.807) is 25.1 Å². The molecule has 0 aliphatic heterocycles. The fourth-order valence-corrected chi connectivity index (χ4v) is 1.41. The zero-order valence-corrected chi connectivity index (χ0v) is 9.05. The highest BCUT2D eigenvalue weighted by atomic mass is 16.6. The van der Waals surface area contributed by atoms with Gasteiger partial charge in [0.05, 0.1) is 4.92 Å². The molecule has 0 bridgehead atoms. The smallest absolute Gasteiger partial charge is 0.272 e. The van der Waals surface area contributed by atoms with Gasteiger partial charge in [0.1, 0.15) is 0 Å². The molecule has 0 aliphatic rings. The summed E-state index contributed by atoms with van der Waals surface area (Å²) in [5.41, 5.74) is 5.86. The molecule has 16 heavy (non-hydrogen) atoms. The van der Waals surface area contributed by atoms with E-state index in [2.05, 4.69) is 0 Å². The number of primary amides is 1. The number of aryl methyl sites for hydroxylation is 1. The monoisotopic (exact) mass is 222 g/mol. The summed E-state index contributed by atoms with van der Waals surface area (Å²) >= 11 is 0. The van der Waals surface area contributed by atoms with Crippen LogP contribution in [0.15, 0.2) is 24.3 Å². The average molecular weight is 222 g/mol. The van der Waals surface area contributed by atoms with Crippen molar-refractivity contribution < 1.29 is 9.72 Å². The summed E-state index contributed by atoms with van der Waals surface area (Å²) in [5, 5.41) is 10.7. The fraction of sp³-hybridized carbons (Fsp3) is 0.364. The molecule has 5 heteroatoms. The summed E-state index contributed by atoms with van der Waals surface area (Å²) in [4.78, 5) is 21.1. The number of rotatable bonds is 5. The van der Waals surface area contributed by atoms with E-state index in [-0.39, 0.29) is 17.5 Å². The van der Waals surface area contributed by atoms with Gasteiger partial charge in [0.2, 0.25) is 5.91 Å². The maximum Gasteiger partial charge on any atom is 0.272 e. The Balaban J connectivity index is 2.74. The predicted molar refractivity (Wildman–Crippen MR) is 59.8 cm³/mol. The van der Waals surface area contributed by atoms with Crippen molar-refractivity contribution in [2.24, 2.45) is 11.7 Å². The van der Waals surface area contributed by atoms with E-state index in [0.717, 1.165) is 0 Å². The number of carbonyl (C=O) groups excluding carboxylic acids is 1. The van der Waals surface area contributed by atoms with E-state index in [1.165, 1.54) is 6.07 Å². The highest BCUT2D eigenvalue weighted by molar-refractivity contribution is 5.76. The Morgan fingerprint density at radius 3 is 2.69 bits per heavy atom. The Morgan fingerprint density at radius 1 is 1.50 bits per heavy atom. The molecule has 0 heterocycles. The van der Waals surface area contributed by atoms with E-state index in [1.807, 2.05) is 0 Å². The number of nitrogens with zero attached hydrogens (tertiary/aromatic N) is 1. The minimum absolute atomic E-state index is 0.0965. The molecule has 86 valence electrons. The molecule has 0 fully saturated rings. The normalized spacial score (nSPS) is 12.1. The fourth-order valence-electron chi connectivity index (χ4n) is 1.41. The number of nitro groups is 1. The molecule has 0 radical (unpaired) electrons. The number of benzene rings is 1. The number of amides is 1. The maximum absolute atomic E-state index is 10.8. The van der Waals surface area contributed by atoms with E-state index < -0.39 is 4.92 Å². The van der Waals surface area contributed by atoms with E-state index in [0.29, 0.717) is 18.4 Å². The van der Waals surface area contributed by atoms with Gasteiger partial charge in [-0.15, -0.1) is 0 Å². The summed E-state index contributed by atoms with van der Waals surface area (Å²) in [5.74, 6) is -0.640. The lowest BCUT2D eigenvalue weighted by atomic mass is 10.00. The first-order valence-electron chi connectivity index (χ1n) is 5.04. The van der Waals surface area contributed by atoms with Crippen molar-refractivity contribution in [2.45, 2.75) is 19.8 Å². The third-order valence-corrected chi connectivity index (χ3v) is 2.52. The topological polar surface area (TPSA) is 86.2 Å². The van der Waals surface area contributed by atoms with Crippen LogP contribution < -0.4 is 5.73 Å². The molecule has 1 aromatic rings. The summed E-state index contributed by atoms with van der Waals surface area (Å²) in [6.45, 7) is 1.72. The lowest BCUT2D eigenvalue weighted by Crippen LogP contribution is -2.20. The van der Waals surface area contributed by atoms with Crippen molar-refractivity contribution >= 4 is 11.6 Å². The Bertz CT molecular complexity index is 404. The summed E-state index contributed by atoms with van der Waals surface area (Å²) in [6.07, 6.45) is 1.02. The first-order valence-corrected chi connectivity index (χ1v) is 5.04. The number of nitrogens with two attached hydrogens (primary N) is 1. The molecule has 1 rings (SSSR count). The number of nitro benzene ring substituents is 1. The molecule has 0 saturated heterocycles. The van der Waals surface area contributed by atoms with Crippen molar-refractivity contribution in [3.05, 3.63) is 39.9 Å². The number of hydrogen-bond acceptors (Lipinski definition) is 3. The molecular formula is C11H14N2O3. The summed E-state index contributed by atoms with van der Waals surface area (Å²) in [6, 6.07) is 6.53. The summed E-state index contributed by atoms with van der Waals surface area (Å²) in [7, 11) is 0. The Morgan fingerprint density at radius 2 is 2.12 bits per heavy atom. The molecule has 1 atom stereocenters. The largest absolute Gasteiger partial charge is 0.369 e. The van der Waals surface area contributed by atoms with Gasteiger partial charge in [-0.1, -0.05) is 25.1 Å². The van der Waals surface area contributed by atoms with Gasteiger partial charge >= 0.3 is 0 Å². The maximum atomic E-state index is 10.8. The quantitative estimate of drug-likeness (QED) is 0.607. The molecule has 0 aromatic heterocycles. The van der Waals surface area contributed by atoms with E-state index in [4.69, 9.17) is 5.73 Å². The zero-order valence-electron chi connectivity index (χ0n) is 9.05. The van der Waals surface area contributed by atoms with Gasteiger partial charge in [0, 0.05) is 17.5 Å². The van der Waals surface area contributed by atoms with Crippen LogP contribution in [0, 0.1) is 16.0 Å². The second kappa shape index (κ2) is 5.25. The van der Waals surface area contributed by atoms with Gasteiger partial charge in [0.15, 0.2) is 0 Å². The van der Waals surface area contributed by atoms with Crippen LogP contribution in [0.25, 0.3) is 0 Å². The summed E-state index contributed by atoms with van der Waals surface area (Å²) < 4.78 is 0. The van der Waals surface area contributed by atoms with Crippen LogP contribution in [-0.2, 0) is 11.2 Å². The number of carbonyl (C=O) groups is 1. The van der Waals surface area contributed by atoms with Crippen molar-refractivity contribution in [3.8, 4) is 0 Å². The number of hydrogen-bond donors (Lipinski definition) is 1. The first kappa shape index (κ1) is 12.2. The predicted octanol–water partition coefficient (Wildman–Crippen LogP) is 1.65. The molecule has 1 aromatic carbocycles. The lowest BCUT2D eigenvalue weighted by molar-refractivity contribution is -0.385. The Kier molecular flexibility index (Phi) is 3.99. The lowest BCUT2D eigenvalue weighted by Gasteiger charge is -2.06. The van der Waals surface area contributed by atoms with Crippen molar-refractivity contribution in [2.75, 3.05) is 0 Å².